The summed E-state index contributed by atoms with van der Waals surface area (Å²) < 4.78 is 0. The van der Waals surface area contributed by atoms with Crippen molar-refractivity contribution in [3.05, 3.63) is 0 Å². The number of rotatable bonds is 1. The molecule has 0 amide bonds. The Morgan fingerprint density at radius 3 is 2.31 bits per heavy atom. The first-order chi connectivity index (χ1) is 6.07. The Kier molecular flexibility index (Phi) is 6.20. The molecule has 1 saturated carbocycles. The van der Waals surface area contributed by atoms with Crippen molar-refractivity contribution in [2.24, 2.45) is 5.92 Å². The molecule has 0 heterocycles. The van der Waals surface area contributed by atoms with Gasteiger partial charge < -0.3 is 5.11 Å². The van der Waals surface area contributed by atoms with Crippen LogP contribution in [-0.4, -0.2) is 16.9 Å². The fraction of sp³-hybridized carbons (Fsp3) is 0.800. The zero-order valence-corrected chi connectivity index (χ0v) is 8.38. The molecule has 0 saturated heterocycles. The van der Waals surface area contributed by atoms with Crippen LogP contribution in [0, 0.1) is 5.92 Å². The van der Waals surface area contributed by atoms with E-state index in [1.165, 1.54) is 6.42 Å². The molecule has 1 N–H and O–H groups in total. The Labute approximate surface area is 79.1 Å². The van der Waals surface area contributed by atoms with Crippen LogP contribution in [0.2, 0.25) is 0 Å². The largest absolute Gasteiger partial charge is 0.481 e. The summed E-state index contributed by atoms with van der Waals surface area (Å²) in [6, 6.07) is 0. The summed E-state index contributed by atoms with van der Waals surface area (Å²) in [5.41, 5.74) is 0. The fourth-order valence-corrected chi connectivity index (χ4v) is 1.16. The summed E-state index contributed by atoms with van der Waals surface area (Å²) in [7, 11) is 0. The van der Waals surface area contributed by atoms with Gasteiger partial charge in [0.05, 0.1) is 0 Å². The van der Waals surface area contributed by atoms with E-state index in [0.717, 1.165) is 19.3 Å². The molecule has 3 heteroatoms. The topological polar surface area (TPSA) is 54.4 Å². The first kappa shape index (κ1) is 12.1. The van der Waals surface area contributed by atoms with E-state index in [-0.39, 0.29) is 6.42 Å². The van der Waals surface area contributed by atoms with E-state index in [2.05, 4.69) is 0 Å². The average molecular weight is 186 g/mol. The van der Waals surface area contributed by atoms with Gasteiger partial charge in [0.1, 0.15) is 5.78 Å². The molecular weight excluding hydrogens is 168 g/mol. The van der Waals surface area contributed by atoms with Crippen LogP contribution >= 0.6 is 0 Å². The first-order valence-corrected chi connectivity index (χ1v) is 4.82. The summed E-state index contributed by atoms with van der Waals surface area (Å²) in [5.74, 6) is 0.0880. The minimum Gasteiger partial charge on any atom is -0.481 e. The fourth-order valence-electron chi connectivity index (χ4n) is 1.16. The SMILES string of the molecule is CC1CCCCC1=O.CCC(=O)O. The minimum absolute atomic E-state index is 0.222. The molecule has 1 fully saturated rings. The van der Waals surface area contributed by atoms with Crippen LogP contribution < -0.4 is 0 Å². The van der Waals surface area contributed by atoms with Crippen molar-refractivity contribution in [1.29, 1.82) is 0 Å². The van der Waals surface area contributed by atoms with E-state index in [1.54, 1.807) is 6.92 Å². The van der Waals surface area contributed by atoms with E-state index in [4.69, 9.17) is 5.11 Å². The van der Waals surface area contributed by atoms with E-state index in [0.29, 0.717) is 11.7 Å². The smallest absolute Gasteiger partial charge is 0.303 e. The molecule has 0 aliphatic heterocycles. The maximum Gasteiger partial charge on any atom is 0.303 e. The molecule has 0 aromatic carbocycles. The number of hydrogen-bond acceptors (Lipinski definition) is 2. The van der Waals surface area contributed by atoms with E-state index >= 15 is 0 Å². The zero-order valence-electron chi connectivity index (χ0n) is 8.38. The molecule has 76 valence electrons. The van der Waals surface area contributed by atoms with Crippen molar-refractivity contribution in [3.63, 3.8) is 0 Å². The third-order valence-corrected chi connectivity index (χ3v) is 2.16. The Balaban J connectivity index is 0.000000252. The zero-order chi connectivity index (χ0) is 10.3. The van der Waals surface area contributed by atoms with Gasteiger partial charge in [-0.25, -0.2) is 0 Å². The molecular formula is C10H18O3. The summed E-state index contributed by atoms with van der Waals surface area (Å²) in [4.78, 5) is 20.2. The Morgan fingerprint density at radius 2 is 2.08 bits per heavy atom. The van der Waals surface area contributed by atoms with Crippen molar-refractivity contribution in [2.45, 2.75) is 46.0 Å². The lowest BCUT2D eigenvalue weighted by Gasteiger charge is -2.14. The Morgan fingerprint density at radius 1 is 1.54 bits per heavy atom. The summed E-state index contributed by atoms with van der Waals surface area (Å²) in [5, 5.41) is 7.72. The van der Waals surface area contributed by atoms with Gasteiger partial charge in [-0.3, -0.25) is 9.59 Å². The summed E-state index contributed by atoms with van der Waals surface area (Å²) in [6.45, 7) is 3.63. The number of carboxylic acids is 1. The second kappa shape index (κ2) is 6.63. The highest BCUT2D eigenvalue weighted by molar-refractivity contribution is 5.81. The Hall–Kier alpha value is -0.860. The summed E-state index contributed by atoms with van der Waals surface area (Å²) >= 11 is 0. The van der Waals surface area contributed by atoms with Crippen molar-refractivity contribution in [2.75, 3.05) is 0 Å². The van der Waals surface area contributed by atoms with Crippen LogP contribution in [0.5, 0.6) is 0 Å². The number of carboxylic acid groups (broad SMARTS) is 1. The third-order valence-electron chi connectivity index (χ3n) is 2.16. The average Bonchev–Trinajstić information content (AvgIpc) is 2.11. The highest BCUT2D eigenvalue weighted by Gasteiger charge is 2.16. The molecule has 1 aliphatic carbocycles. The molecule has 1 rings (SSSR count). The molecule has 0 aromatic rings. The number of carbonyl (C=O) groups is 2. The number of aliphatic carboxylic acids is 1. The van der Waals surface area contributed by atoms with Gasteiger partial charge in [0.25, 0.3) is 0 Å². The molecule has 0 bridgehead atoms. The molecule has 0 radical (unpaired) electrons. The van der Waals surface area contributed by atoms with Gasteiger partial charge in [-0.1, -0.05) is 20.3 Å². The normalized spacial score (nSPS) is 21.7. The van der Waals surface area contributed by atoms with E-state index in [1.807, 2.05) is 6.92 Å². The van der Waals surface area contributed by atoms with Crippen LogP contribution in [-0.2, 0) is 9.59 Å². The lowest BCUT2D eigenvalue weighted by molar-refractivity contribution is -0.136. The van der Waals surface area contributed by atoms with Gasteiger partial charge in [-0.05, 0) is 12.8 Å². The second-order valence-electron chi connectivity index (χ2n) is 3.36. The Bertz CT molecular complexity index is 175. The molecule has 1 atom stereocenters. The summed E-state index contributed by atoms with van der Waals surface area (Å²) in [6.07, 6.45) is 4.57. The standard InChI is InChI=1S/C7H12O.C3H6O2/c1-6-4-2-3-5-7(6)8;1-2-3(4)5/h6H,2-5H2,1H3;2H2,1H3,(H,4,5). The van der Waals surface area contributed by atoms with Crippen LogP contribution in [0.4, 0.5) is 0 Å². The highest BCUT2D eigenvalue weighted by atomic mass is 16.4. The number of Topliss-reactive ketones (excluding diaryl/α,β-unsaturated/α-hetero) is 1. The van der Waals surface area contributed by atoms with Crippen LogP contribution in [0.15, 0.2) is 0 Å². The van der Waals surface area contributed by atoms with Gasteiger partial charge in [-0.2, -0.15) is 0 Å². The number of carbonyl (C=O) groups excluding carboxylic acids is 1. The van der Waals surface area contributed by atoms with E-state index in [9.17, 15) is 9.59 Å². The van der Waals surface area contributed by atoms with Crippen LogP contribution in [0.3, 0.4) is 0 Å². The highest BCUT2D eigenvalue weighted by Crippen LogP contribution is 2.18. The molecule has 1 unspecified atom stereocenters. The lowest BCUT2D eigenvalue weighted by atomic mass is 9.90. The van der Waals surface area contributed by atoms with Crippen molar-refractivity contribution in [1.82, 2.24) is 0 Å². The van der Waals surface area contributed by atoms with Crippen molar-refractivity contribution >= 4 is 11.8 Å². The molecule has 3 nitrogen and oxygen atoms in total. The second-order valence-corrected chi connectivity index (χ2v) is 3.36. The van der Waals surface area contributed by atoms with Crippen molar-refractivity contribution in [3.8, 4) is 0 Å². The monoisotopic (exact) mass is 186 g/mol. The molecule has 13 heavy (non-hydrogen) atoms. The minimum atomic E-state index is -0.745. The quantitative estimate of drug-likeness (QED) is 0.683. The lowest BCUT2D eigenvalue weighted by Crippen LogP contribution is -2.14. The third kappa shape index (κ3) is 6.31. The predicted molar refractivity (Wildman–Crippen MR) is 50.6 cm³/mol. The van der Waals surface area contributed by atoms with Crippen LogP contribution in [0.25, 0.3) is 0 Å². The molecule has 0 aromatic heterocycles. The maximum absolute atomic E-state index is 10.8. The first-order valence-electron chi connectivity index (χ1n) is 4.82. The molecule has 0 spiro atoms. The van der Waals surface area contributed by atoms with Gasteiger partial charge in [0, 0.05) is 18.8 Å². The van der Waals surface area contributed by atoms with Gasteiger partial charge in [0.2, 0.25) is 0 Å². The maximum atomic E-state index is 10.8. The number of hydrogen-bond donors (Lipinski definition) is 1. The van der Waals surface area contributed by atoms with Gasteiger partial charge in [0.15, 0.2) is 0 Å². The van der Waals surface area contributed by atoms with Gasteiger partial charge >= 0.3 is 5.97 Å². The number of ketones is 1. The van der Waals surface area contributed by atoms with Gasteiger partial charge in [-0.15, -0.1) is 0 Å². The molecule has 1 aliphatic rings. The van der Waals surface area contributed by atoms with Crippen LogP contribution in [0.1, 0.15) is 46.0 Å². The predicted octanol–water partition coefficient (Wildman–Crippen LogP) is 2.25. The van der Waals surface area contributed by atoms with Crippen molar-refractivity contribution < 1.29 is 14.7 Å². The van der Waals surface area contributed by atoms with E-state index < -0.39 is 5.97 Å².